The summed E-state index contributed by atoms with van der Waals surface area (Å²) in [5.74, 6) is -3.28. The number of aromatic nitrogens is 2. The fourth-order valence-corrected chi connectivity index (χ4v) is 3.64. The van der Waals surface area contributed by atoms with Crippen molar-refractivity contribution in [3.63, 3.8) is 0 Å². The molecule has 0 spiro atoms. The van der Waals surface area contributed by atoms with E-state index in [0.717, 1.165) is 4.90 Å². The minimum Gasteiger partial charge on any atom is -0.481 e. The number of aromatic amines is 1. The van der Waals surface area contributed by atoms with Gasteiger partial charge in [-0.1, -0.05) is 0 Å². The van der Waals surface area contributed by atoms with Crippen LogP contribution in [0.4, 0.5) is 23.1 Å². The van der Waals surface area contributed by atoms with Crippen LogP contribution in [0.3, 0.4) is 0 Å². The summed E-state index contributed by atoms with van der Waals surface area (Å²) in [7, 11) is 0. The van der Waals surface area contributed by atoms with Gasteiger partial charge in [-0.2, -0.15) is 4.98 Å². The number of nitrogens with one attached hydrogen (secondary N) is 3. The molecule has 1 aliphatic heterocycles. The van der Waals surface area contributed by atoms with Gasteiger partial charge in [0, 0.05) is 30.8 Å². The summed E-state index contributed by atoms with van der Waals surface area (Å²) in [5.41, 5.74) is 5.32. The Morgan fingerprint density at radius 2 is 1.94 bits per heavy atom. The Hall–Kier alpha value is -4.95. The van der Waals surface area contributed by atoms with Gasteiger partial charge in [-0.15, -0.1) is 0 Å². The van der Waals surface area contributed by atoms with Crippen LogP contribution in [-0.2, 0) is 19.2 Å². The molecule has 3 rings (SSSR count). The molecule has 0 saturated carbocycles. The minimum atomic E-state index is -1.39. The lowest BCUT2D eigenvalue weighted by Gasteiger charge is -2.35. The maximum absolute atomic E-state index is 12.4. The predicted molar refractivity (Wildman–Crippen MR) is 126 cm³/mol. The van der Waals surface area contributed by atoms with Gasteiger partial charge in [0.2, 0.25) is 18.8 Å². The van der Waals surface area contributed by atoms with E-state index in [1.165, 1.54) is 29.2 Å². The number of nitrogens with zero attached hydrogens (tertiary/aromatic N) is 3. The Balaban J connectivity index is 1.72. The molecule has 0 saturated heterocycles. The van der Waals surface area contributed by atoms with Crippen LogP contribution in [-0.4, -0.2) is 76.0 Å². The number of rotatable bonds is 11. The van der Waals surface area contributed by atoms with Crippen LogP contribution in [0, 0.1) is 0 Å². The smallest absolute Gasteiger partial charge is 0.326 e. The van der Waals surface area contributed by atoms with Crippen LogP contribution in [0.25, 0.3) is 0 Å². The van der Waals surface area contributed by atoms with E-state index in [-0.39, 0.29) is 42.5 Å². The molecule has 0 aliphatic carbocycles. The second kappa shape index (κ2) is 11.0. The van der Waals surface area contributed by atoms with E-state index in [4.69, 9.17) is 10.8 Å². The van der Waals surface area contributed by atoms with Gasteiger partial charge >= 0.3 is 11.9 Å². The quantitative estimate of drug-likeness (QED) is 0.201. The summed E-state index contributed by atoms with van der Waals surface area (Å²) >= 11 is 0. The van der Waals surface area contributed by atoms with E-state index in [2.05, 4.69) is 20.6 Å². The van der Waals surface area contributed by atoms with Crippen molar-refractivity contribution in [1.29, 1.82) is 0 Å². The van der Waals surface area contributed by atoms with Gasteiger partial charge in [0.25, 0.3) is 11.5 Å². The fourth-order valence-electron chi connectivity index (χ4n) is 3.64. The molecular formula is C21H23N7O8. The molecule has 1 aliphatic rings. The van der Waals surface area contributed by atoms with Gasteiger partial charge in [-0.05, 0) is 30.7 Å². The van der Waals surface area contributed by atoms with Crippen molar-refractivity contribution in [3.8, 4) is 0 Å². The van der Waals surface area contributed by atoms with E-state index in [0.29, 0.717) is 18.5 Å². The molecule has 0 bridgehead atoms. The number of benzene rings is 1. The number of aliphatic carboxylic acids is 2. The number of H-pyrrole nitrogens is 1. The van der Waals surface area contributed by atoms with Crippen molar-refractivity contribution in [2.75, 3.05) is 33.9 Å². The third kappa shape index (κ3) is 5.75. The summed E-state index contributed by atoms with van der Waals surface area (Å²) in [6.45, 7) is 0.152. The molecule has 2 aromatic rings. The van der Waals surface area contributed by atoms with Crippen molar-refractivity contribution in [2.24, 2.45) is 0 Å². The van der Waals surface area contributed by atoms with Crippen LogP contribution in [0.5, 0.6) is 0 Å². The summed E-state index contributed by atoms with van der Waals surface area (Å²) < 4.78 is 0. The molecule has 15 nitrogen and oxygen atoms in total. The minimum absolute atomic E-state index is 0.0136. The lowest BCUT2D eigenvalue weighted by atomic mass is 10.1. The van der Waals surface area contributed by atoms with Gasteiger partial charge < -0.3 is 36.4 Å². The second-order valence-electron chi connectivity index (χ2n) is 7.80. The van der Waals surface area contributed by atoms with Gasteiger partial charge in [-0.25, -0.2) is 4.79 Å². The molecule has 36 heavy (non-hydrogen) atoms. The number of carbonyl (C=O) groups is 5. The third-order valence-electron chi connectivity index (χ3n) is 5.43. The fraction of sp³-hybridized carbons (Fsp3) is 0.286. The van der Waals surface area contributed by atoms with E-state index in [1.54, 1.807) is 0 Å². The number of hydrogen-bond donors (Lipinski definition) is 6. The highest BCUT2D eigenvalue weighted by molar-refractivity contribution is 5.97. The molecule has 1 aromatic heterocycles. The van der Waals surface area contributed by atoms with Gasteiger partial charge in [0.1, 0.15) is 6.04 Å². The number of carboxylic acid groups (broad SMARTS) is 2. The lowest BCUT2D eigenvalue weighted by molar-refractivity contribution is -0.140. The first-order chi connectivity index (χ1) is 17.1. The predicted octanol–water partition coefficient (Wildman–Crippen LogP) is -1.18. The molecular weight excluding hydrogens is 478 g/mol. The van der Waals surface area contributed by atoms with E-state index >= 15 is 0 Å². The molecule has 7 N–H and O–H groups in total. The van der Waals surface area contributed by atoms with Gasteiger partial charge in [0.15, 0.2) is 11.5 Å². The van der Waals surface area contributed by atoms with Gasteiger partial charge in [-0.3, -0.25) is 29.0 Å². The average Bonchev–Trinajstić information content (AvgIpc) is 2.84. The third-order valence-corrected chi connectivity index (χ3v) is 5.43. The standard InChI is InChI=1S/C21H23N7O8/c22-21-25-17-16(19(34)26-21)28(10-30)13(7-23-17)8-27(9-29)12-3-1-11(2-4-12)18(33)24-14(20(35)36)5-6-15(31)32/h1-4,9-10,13-14H,5-8H2,(H,24,33)(H,31,32)(H,35,36)(H4,22,23,25,26,34)/t13-,14-/m0/s1. The molecule has 190 valence electrons. The summed E-state index contributed by atoms with van der Waals surface area (Å²) in [4.78, 5) is 79.0. The van der Waals surface area contributed by atoms with Crippen LogP contribution in [0.2, 0.25) is 0 Å². The van der Waals surface area contributed by atoms with E-state index < -0.39 is 41.9 Å². The number of anilines is 4. The molecule has 0 unspecified atom stereocenters. The number of carbonyl (C=O) groups excluding carboxylic acids is 3. The van der Waals surface area contributed by atoms with E-state index in [9.17, 15) is 33.9 Å². The molecule has 2 atom stereocenters. The molecule has 1 aromatic carbocycles. The van der Waals surface area contributed by atoms with Crippen molar-refractivity contribution in [1.82, 2.24) is 15.3 Å². The Morgan fingerprint density at radius 3 is 2.53 bits per heavy atom. The maximum atomic E-state index is 12.4. The first-order valence-corrected chi connectivity index (χ1v) is 10.6. The molecule has 3 amide bonds. The molecule has 0 fully saturated rings. The second-order valence-corrected chi connectivity index (χ2v) is 7.80. The molecule has 15 heteroatoms. The van der Waals surface area contributed by atoms with Crippen molar-refractivity contribution >= 4 is 53.8 Å². The first-order valence-electron chi connectivity index (χ1n) is 10.6. The Bertz CT molecular complexity index is 1230. The van der Waals surface area contributed by atoms with Crippen LogP contribution in [0.15, 0.2) is 29.1 Å². The number of carboxylic acids is 2. The zero-order valence-corrected chi connectivity index (χ0v) is 18.7. The van der Waals surface area contributed by atoms with E-state index in [1.807, 2.05) is 0 Å². The molecule has 2 heterocycles. The Morgan fingerprint density at radius 1 is 1.25 bits per heavy atom. The SMILES string of the molecule is Nc1nc2c(c(=O)[nH]1)N(C=O)[C@H](CN(C=O)c1ccc(C(=O)N[C@@H](CCC(=O)O)C(=O)O)cc1)CN2. The largest absolute Gasteiger partial charge is 0.481 e. The van der Waals surface area contributed by atoms with Crippen molar-refractivity contribution < 1.29 is 34.2 Å². The first kappa shape index (κ1) is 25.7. The molecule has 0 radical (unpaired) electrons. The maximum Gasteiger partial charge on any atom is 0.326 e. The monoisotopic (exact) mass is 501 g/mol. The lowest BCUT2D eigenvalue weighted by Crippen LogP contribution is -2.52. The van der Waals surface area contributed by atoms with Crippen LogP contribution >= 0.6 is 0 Å². The highest BCUT2D eigenvalue weighted by atomic mass is 16.4. The topological polar surface area (TPSA) is 228 Å². The summed E-state index contributed by atoms with van der Waals surface area (Å²) in [5, 5.41) is 23.1. The summed E-state index contributed by atoms with van der Waals surface area (Å²) in [6.07, 6.45) is 0.255. The van der Waals surface area contributed by atoms with Crippen LogP contribution < -0.4 is 31.7 Å². The van der Waals surface area contributed by atoms with Crippen molar-refractivity contribution in [3.05, 3.63) is 40.2 Å². The van der Waals surface area contributed by atoms with Crippen LogP contribution in [0.1, 0.15) is 23.2 Å². The zero-order valence-electron chi connectivity index (χ0n) is 18.7. The number of nitrogens with two attached hydrogens (primary N) is 1. The number of fused-ring (bicyclic) bond motifs is 1. The zero-order chi connectivity index (χ0) is 26.4. The summed E-state index contributed by atoms with van der Waals surface area (Å²) in [6, 6.07) is 3.59. The number of nitrogen functional groups attached to an aromatic ring is 1. The highest BCUT2D eigenvalue weighted by Crippen LogP contribution is 2.26. The highest BCUT2D eigenvalue weighted by Gasteiger charge is 2.31. The van der Waals surface area contributed by atoms with Crippen molar-refractivity contribution in [2.45, 2.75) is 24.9 Å². The van der Waals surface area contributed by atoms with Gasteiger partial charge in [0.05, 0.1) is 6.04 Å². The normalized spacial score (nSPS) is 15.1. The average molecular weight is 501 g/mol. The number of hydrogen-bond acceptors (Lipinski definition) is 9. The Kier molecular flexibility index (Phi) is 7.83. The Labute approximate surface area is 202 Å². The number of amides is 3.